The fourth-order valence-electron chi connectivity index (χ4n) is 1.37. The third-order valence-corrected chi connectivity index (χ3v) is 3.54. The van der Waals surface area contributed by atoms with Crippen LogP contribution < -0.4 is 17.3 Å². The number of nitrogens with one attached hydrogen (secondary N) is 1. The Labute approximate surface area is 131 Å². The largest absolute Gasteiger partial charge is 0.398 e. The Balaban J connectivity index is 3.08. The van der Waals surface area contributed by atoms with Crippen molar-refractivity contribution in [2.45, 2.75) is 0 Å². The summed E-state index contributed by atoms with van der Waals surface area (Å²) in [4.78, 5) is 10.2. The lowest BCUT2D eigenvalue weighted by Gasteiger charge is -2.13. The Hall–Kier alpha value is -1.53. The second-order valence-corrected chi connectivity index (χ2v) is 6.09. The van der Waals surface area contributed by atoms with Gasteiger partial charge in [0, 0.05) is 29.6 Å². The highest BCUT2D eigenvalue weighted by atomic mass is 127. The zero-order valence-electron chi connectivity index (χ0n) is 10.2. The number of benzene rings is 1. The van der Waals surface area contributed by atoms with Crippen LogP contribution in [0.2, 0.25) is 0 Å². The monoisotopic (exact) mass is 408 g/mol. The number of allylic oxidation sites excluding steroid dienone is 1. The first-order valence-electron chi connectivity index (χ1n) is 5.22. The van der Waals surface area contributed by atoms with Crippen molar-refractivity contribution in [3.8, 4) is 0 Å². The van der Waals surface area contributed by atoms with E-state index in [-0.39, 0.29) is 28.3 Å². The predicted molar refractivity (Wildman–Crippen MR) is 89.1 cm³/mol. The van der Waals surface area contributed by atoms with Crippen molar-refractivity contribution in [2.24, 2.45) is 11.6 Å². The molecule has 10 heteroatoms. The molecule has 0 spiro atoms. The van der Waals surface area contributed by atoms with Gasteiger partial charge in [-0.25, -0.2) is 5.84 Å². The molecule has 7 N–H and O–H groups in total. The van der Waals surface area contributed by atoms with E-state index in [1.54, 1.807) is 0 Å². The van der Waals surface area contributed by atoms with Crippen LogP contribution in [0, 0.1) is 15.5 Å². The highest BCUT2D eigenvalue weighted by Gasteiger charge is 2.14. The number of hydrazine groups is 1. The number of nitro benzene ring substituents is 1. The van der Waals surface area contributed by atoms with Gasteiger partial charge >= 0.3 is 0 Å². The molecule has 0 radical (unpaired) electrons. The summed E-state index contributed by atoms with van der Waals surface area (Å²) in [5.41, 5.74) is 11.7. The van der Waals surface area contributed by atoms with Crippen LogP contribution in [0.25, 0.3) is 0 Å². The molecule has 0 aromatic heterocycles. The van der Waals surface area contributed by atoms with E-state index in [0.717, 1.165) is 0 Å². The van der Waals surface area contributed by atoms with Crippen molar-refractivity contribution >= 4 is 47.2 Å². The van der Waals surface area contributed by atoms with Crippen molar-refractivity contribution in [3.63, 3.8) is 0 Å². The van der Waals surface area contributed by atoms with E-state index < -0.39 is 4.92 Å². The van der Waals surface area contributed by atoms with E-state index in [9.17, 15) is 10.1 Å². The number of hydrogen-bond donors (Lipinski definition) is 4. The predicted octanol–water partition coefficient (Wildman–Crippen LogP) is 1.56. The van der Waals surface area contributed by atoms with Gasteiger partial charge in [-0.1, -0.05) is 8.93 Å². The third-order valence-electron chi connectivity index (χ3n) is 2.31. The number of nitrogens with zero attached hydrogens (tertiary/aromatic N) is 2. The molecule has 1 aromatic carbocycles. The number of nitrogens with two attached hydrogens (primary N) is 3. The number of halogens is 1. The lowest BCUT2D eigenvalue weighted by atomic mass is 10.1. The zero-order valence-corrected chi connectivity index (χ0v) is 13.2. The molecule has 1 rings (SSSR count). The van der Waals surface area contributed by atoms with Crippen molar-refractivity contribution in [2.75, 3.05) is 11.6 Å². The Morgan fingerprint density at radius 2 is 2.25 bits per heavy atom. The maximum absolute atomic E-state index is 10.7. The number of rotatable bonds is 6. The number of anilines is 1. The minimum Gasteiger partial charge on any atom is -0.398 e. The standard InChI is InChI=1S/C10H13IN6O2S/c11-20-5-16(15)4-9(13)10(14)7-3-6(17(18)19)1-2-8(7)12/h1-4,14H,5,12-13,15H2/b9-4-,14-10?. The molecule has 0 bridgehead atoms. The first kappa shape index (κ1) is 16.5. The molecule has 0 heterocycles. The lowest BCUT2D eigenvalue weighted by molar-refractivity contribution is -0.384. The second kappa shape index (κ2) is 7.31. The molecule has 0 saturated heterocycles. The van der Waals surface area contributed by atoms with Gasteiger partial charge in [0.1, 0.15) is 0 Å². The van der Waals surface area contributed by atoms with Gasteiger partial charge in [0.25, 0.3) is 5.69 Å². The first-order valence-corrected chi connectivity index (χ1v) is 8.75. The molecule has 0 amide bonds. The number of non-ortho nitro benzene ring substituents is 1. The molecule has 1 aromatic rings. The topological polar surface area (TPSA) is 148 Å². The molecule has 108 valence electrons. The van der Waals surface area contributed by atoms with Crippen LogP contribution in [0.15, 0.2) is 30.1 Å². The van der Waals surface area contributed by atoms with Crippen LogP contribution in [-0.4, -0.2) is 21.5 Å². The normalized spacial score (nSPS) is 11.2. The van der Waals surface area contributed by atoms with Crippen LogP contribution in [0.4, 0.5) is 11.4 Å². The highest BCUT2D eigenvalue weighted by Crippen LogP contribution is 2.21. The summed E-state index contributed by atoms with van der Waals surface area (Å²) in [6, 6.07) is 3.86. The summed E-state index contributed by atoms with van der Waals surface area (Å²) in [5, 5.41) is 20.0. The Morgan fingerprint density at radius 1 is 1.60 bits per heavy atom. The molecule has 0 aliphatic rings. The Morgan fingerprint density at radius 3 is 2.80 bits per heavy atom. The molecule has 0 saturated carbocycles. The SMILES string of the molecule is N=C(/C(N)=C/N(N)CSI)c1cc([N+](=O)[O-])ccc1N. The summed E-state index contributed by atoms with van der Waals surface area (Å²) in [6.45, 7) is 0. The van der Waals surface area contributed by atoms with E-state index in [4.69, 9.17) is 22.7 Å². The van der Waals surface area contributed by atoms with Crippen LogP contribution in [0.3, 0.4) is 0 Å². The molecule has 0 aliphatic heterocycles. The van der Waals surface area contributed by atoms with Crippen LogP contribution in [-0.2, 0) is 0 Å². The van der Waals surface area contributed by atoms with Crippen molar-refractivity contribution in [1.29, 1.82) is 5.41 Å². The van der Waals surface area contributed by atoms with E-state index in [1.165, 1.54) is 38.3 Å². The van der Waals surface area contributed by atoms with Gasteiger partial charge in [-0.3, -0.25) is 15.5 Å². The molecule has 8 nitrogen and oxygen atoms in total. The fraction of sp³-hybridized carbons (Fsp3) is 0.100. The van der Waals surface area contributed by atoms with Gasteiger partial charge in [0.05, 0.1) is 22.2 Å². The van der Waals surface area contributed by atoms with Crippen molar-refractivity contribution in [1.82, 2.24) is 5.01 Å². The quantitative estimate of drug-likeness (QED) is 0.106. The molecular weight excluding hydrogens is 395 g/mol. The fourth-order valence-corrected chi connectivity index (χ4v) is 2.52. The molecule has 0 atom stereocenters. The van der Waals surface area contributed by atoms with Gasteiger partial charge in [0.15, 0.2) is 0 Å². The van der Waals surface area contributed by atoms with E-state index in [0.29, 0.717) is 5.88 Å². The van der Waals surface area contributed by atoms with Gasteiger partial charge in [-0.05, 0) is 27.3 Å². The van der Waals surface area contributed by atoms with Crippen molar-refractivity contribution < 1.29 is 4.92 Å². The van der Waals surface area contributed by atoms with Gasteiger partial charge in [0.2, 0.25) is 0 Å². The Kier molecular flexibility index (Phi) is 6.04. The summed E-state index contributed by atoms with van der Waals surface area (Å²) in [7, 11) is 1.46. The molecule has 0 fully saturated rings. The summed E-state index contributed by atoms with van der Waals surface area (Å²) in [5.74, 6) is 6.12. The molecule has 0 unspecified atom stereocenters. The van der Waals surface area contributed by atoms with E-state index in [1.807, 2.05) is 0 Å². The average molecular weight is 408 g/mol. The Bertz CT molecular complexity index is 565. The van der Waals surface area contributed by atoms with Gasteiger partial charge in [-0.2, -0.15) is 0 Å². The summed E-state index contributed by atoms with van der Waals surface area (Å²) >= 11 is 2.07. The number of nitrogen functional groups attached to an aromatic ring is 1. The number of hydrogen-bond acceptors (Lipinski definition) is 8. The summed E-state index contributed by atoms with van der Waals surface area (Å²) in [6.07, 6.45) is 1.38. The number of nitro groups is 1. The maximum atomic E-state index is 10.7. The van der Waals surface area contributed by atoms with Crippen LogP contribution >= 0.6 is 30.1 Å². The molecule has 0 aliphatic carbocycles. The van der Waals surface area contributed by atoms with Crippen LogP contribution in [0.5, 0.6) is 0 Å². The summed E-state index contributed by atoms with van der Waals surface area (Å²) < 4.78 is 0. The van der Waals surface area contributed by atoms with Crippen LogP contribution in [0.1, 0.15) is 5.56 Å². The average Bonchev–Trinajstić information content (AvgIpc) is 2.38. The van der Waals surface area contributed by atoms with Gasteiger partial charge in [-0.15, -0.1) is 0 Å². The molecular formula is C10H13IN6O2S. The highest BCUT2D eigenvalue weighted by molar-refractivity contribution is 14.2. The zero-order chi connectivity index (χ0) is 15.3. The van der Waals surface area contributed by atoms with E-state index >= 15 is 0 Å². The first-order chi connectivity index (χ1) is 9.36. The maximum Gasteiger partial charge on any atom is 0.270 e. The molecule has 20 heavy (non-hydrogen) atoms. The second-order valence-electron chi connectivity index (χ2n) is 3.74. The third kappa shape index (κ3) is 4.25. The van der Waals surface area contributed by atoms with E-state index in [2.05, 4.69) is 21.2 Å². The minimum atomic E-state index is -0.557. The van der Waals surface area contributed by atoms with Crippen molar-refractivity contribution in [3.05, 3.63) is 45.8 Å². The van der Waals surface area contributed by atoms with Gasteiger partial charge < -0.3 is 16.5 Å². The minimum absolute atomic E-state index is 0.0742. The smallest absolute Gasteiger partial charge is 0.270 e. The lowest BCUT2D eigenvalue weighted by Crippen LogP contribution is -2.27.